The van der Waals surface area contributed by atoms with Gasteiger partial charge in [0, 0.05) is 18.3 Å². The lowest BCUT2D eigenvalue weighted by Gasteiger charge is -2.27. The molecule has 0 aliphatic carbocycles. The standard InChI is InChI=1S/C22H24N2O3S2/c1-17(2)24(16-19-7-4-3-5-8-19)21(25)15-18-10-12-20(13-11-18)23-29(26,27)22-9-6-14-28-22/h3-14,17,23H,15-16H2,1-2H3. The number of thiophene rings is 1. The Hall–Kier alpha value is -2.64. The van der Waals surface area contributed by atoms with E-state index < -0.39 is 10.0 Å². The van der Waals surface area contributed by atoms with Crippen molar-refractivity contribution in [1.82, 2.24) is 4.90 Å². The first kappa shape index (κ1) is 21.1. The summed E-state index contributed by atoms with van der Waals surface area (Å²) in [7, 11) is -3.57. The quantitative estimate of drug-likeness (QED) is 0.573. The lowest BCUT2D eigenvalue weighted by atomic mass is 10.1. The summed E-state index contributed by atoms with van der Waals surface area (Å²) < 4.78 is 27.4. The van der Waals surface area contributed by atoms with Crippen LogP contribution in [0.4, 0.5) is 5.69 Å². The molecule has 29 heavy (non-hydrogen) atoms. The maximum absolute atomic E-state index is 12.8. The molecule has 5 nitrogen and oxygen atoms in total. The minimum atomic E-state index is -3.57. The van der Waals surface area contributed by atoms with Crippen LogP contribution in [-0.4, -0.2) is 25.3 Å². The molecule has 0 saturated carbocycles. The molecule has 0 radical (unpaired) electrons. The van der Waals surface area contributed by atoms with E-state index in [1.165, 1.54) is 11.3 Å². The van der Waals surface area contributed by atoms with Crippen molar-refractivity contribution >= 4 is 33.0 Å². The first-order chi connectivity index (χ1) is 13.8. The third-order valence-electron chi connectivity index (χ3n) is 4.46. The Morgan fingerprint density at radius 3 is 2.24 bits per heavy atom. The van der Waals surface area contributed by atoms with E-state index in [2.05, 4.69) is 4.72 Å². The molecule has 1 amide bonds. The van der Waals surface area contributed by atoms with E-state index in [0.717, 1.165) is 11.1 Å². The Kier molecular flexibility index (Phi) is 6.71. The van der Waals surface area contributed by atoms with Crippen LogP contribution < -0.4 is 4.72 Å². The van der Waals surface area contributed by atoms with Crippen LogP contribution >= 0.6 is 11.3 Å². The van der Waals surface area contributed by atoms with Gasteiger partial charge in [-0.1, -0.05) is 48.5 Å². The van der Waals surface area contributed by atoms with Crippen molar-refractivity contribution in [2.24, 2.45) is 0 Å². The molecule has 0 fully saturated rings. The van der Waals surface area contributed by atoms with Crippen molar-refractivity contribution in [3.8, 4) is 0 Å². The SMILES string of the molecule is CC(C)N(Cc1ccccc1)C(=O)Cc1ccc(NS(=O)(=O)c2cccs2)cc1. The van der Waals surface area contributed by atoms with Gasteiger partial charge in [-0.2, -0.15) is 0 Å². The molecule has 7 heteroatoms. The van der Waals surface area contributed by atoms with Crippen molar-refractivity contribution in [3.05, 3.63) is 83.2 Å². The van der Waals surface area contributed by atoms with Crippen LogP contribution in [-0.2, 0) is 27.8 Å². The zero-order chi connectivity index (χ0) is 20.9. The van der Waals surface area contributed by atoms with Gasteiger partial charge in [0.1, 0.15) is 4.21 Å². The predicted octanol–water partition coefficient (Wildman–Crippen LogP) is 4.53. The van der Waals surface area contributed by atoms with Crippen molar-refractivity contribution in [3.63, 3.8) is 0 Å². The second-order valence-corrected chi connectivity index (χ2v) is 9.87. The highest BCUT2D eigenvalue weighted by molar-refractivity contribution is 7.94. The molecule has 1 N–H and O–H groups in total. The summed E-state index contributed by atoms with van der Waals surface area (Å²) >= 11 is 1.17. The van der Waals surface area contributed by atoms with E-state index in [1.807, 2.05) is 49.1 Å². The van der Waals surface area contributed by atoms with Crippen molar-refractivity contribution in [1.29, 1.82) is 0 Å². The molecule has 2 aromatic carbocycles. The van der Waals surface area contributed by atoms with Gasteiger partial charge < -0.3 is 4.90 Å². The van der Waals surface area contributed by atoms with E-state index in [1.54, 1.807) is 41.8 Å². The summed E-state index contributed by atoms with van der Waals surface area (Å²) in [6.07, 6.45) is 0.267. The highest BCUT2D eigenvalue weighted by Gasteiger charge is 2.18. The highest BCUT2D eigenvalue weighted by atomic mass is 32.2. The van der Waals surface area contributed by atoms with E-state index >= 15 is 0 Å². The Balaban J connectivity index is 1.65. The molecule has 1 aromatic heterocycles. The Labute approximate surface area is 176 Å². The number of hydrogen-bond donors (Lipinski definition) is 1. The van der Waals surface area contributed by atoms with Crippen LogP contribution in [0.5, 0.6) is 0 Å². The number of rotatable bonds is 8. The molecule has 0 bridgehead atoms. The van der Waals surface area contributed by atoms with E-state index in [4.69, 9.17) is 0 Å². The predicted molar refractivity (Wildman–Crippen MR) is 117 cm³/mol. The lowest BCUT2D eigenvalue weighted by molar-refractivity contribution is -0.132. The Morgan fingerprint density at radius 1 is 0.966 bits per heavy atom. The average Bonchev–Trinajstić information content (AvgIpc) is 3.24. The van der Waals surface area contributed by atoms with Crippen LogP contribution in [0.1, 0.15) is 25.0 Å². The number of nitrogens with zero attached hydrogens (tertiary/aromatic N) is 1. The fourth-order valence-corrected chi connectivity index (χ4v) is 4.98. The molecule has 3 aromatic rings. The van der Waals surface area contributed by atoms with Gasteiger partial charge in [-0.15, -0.1) is 11.3 Å². The fourth-order valence-electron chi connectivity index (χ4n) is 2.93. The lowest BCUT2D eigenvalue weighted by Crippen LogP contribution is -2.37. The van der Waals surface area contributed by atoms with Crippen LogP contribution in [0.25, 0.3) is 0 Å². The summed E-state index contributed by atoms with van der Waals surface area (Å²) in [5, 5.41) is 1.72. The second kappa shape index (κ2) is 9.24. The van der Waals surface area contributed by atoms with Gasteiger partial charge in [-0.05, 0) is 48.6 Å². The molecule has 0 saturated heterocycles. The van der Waals surface area contributed by atoms with Gasteiger partial charge in [0.05, 0.1) is 6.42 Å². The highest BCUT2D eigenvalue weighted by Crippen LogP contribution is 2.21. The summed E-state index contributed by atoms with van der Waals surface area (Å²) in [5.74, 6) is 0.0377. The monoisotopic (exact) mass is 428 g/mol. The number of hydrogen-bond acceptors (Lipinski definition) is 4. The Bertz CT molecular complexity index is 1030. The number of nitrogens with one attached hydrogen (secondary N) is 1. The Morgan fingerprint density at radius 2 is 1.66 bits per heavy atom. The third kappa shape index (κ3) is 5.68. The van der Waals surface area contributed by atoms with Gasteiger partial charge in [-0.3, -0.25) is 9.52 Å². The number of carbonyl (C=O) groups is 1. The summed E-state index contributed by atoms with van der Waals surface area (Å²) in [5.41, 5.74) is 2.40. The molecular weight excluding hydrogens is 404 g/mol. The first-order valence-electron chi connectivity index (χ1n) is 9.34. The van der Waals surface area contributed by atoms with Crippen LogP contribution in [0.15, 0.2) is 76.3 Å². The summed E-state index contributed by atoms with van der Waals surface area (Å²) in [4.78, 5) is 14.7. The molecule has 1 heterocycles. The third-order valence-corrected chi connectivity index (χ3v) is 7.24. The van der Waals surface area contributed by atoms with Crippen molar-refractivity contribution in [2.45, 2.75) is 37.1 Å². The maximum Gasteiger partial charge on any atom is 0.271 e. The molecule has 0 atom stereocenters. The topological polar surface area (TPSA) is 66.5 Å². The molecule has 0 spiro atoms. The molecule has 0 aliphatic heterocycles. The van der Waals surface area contributed by atoms with Crippen LogP contribution in [0.3, 0.4) is 0 Å². The molecule has 3 rings (SSSR count). The average molecular weight is 429 g/mol. The number of carbonyl (C=O) groups excluding carboxylic acids is 1. The molecule has 0 unspecified atom stereocenters. The number of anilines is 1. The van der Waals surface area contributed by atoms with Gasteiger partial charge in [0.15, 0.2) is 0 Å². The maximum atomic E-state index is 12.8. The minimum absolute atomic E-state index is 0.0377. The summed E-state index contributed by atoms with van der Waals surface area (Å²) in [6.45, 7) is 4.57. The first-order valence-corrected chi connectivity index (χ1v) is 11.7. The van der Waals surface area contributed by atoms with Gasteiger partial charge in [0.2, 0.25) is 5.91 Å². The van der Waals surface area contributed by atoms with E-state index in [0.29, 0.717) is 12.2 Å². The second-order valence-electron chi connectivity index (χ2n) is 7.01. The van der Waals surface area contributed by atoms with Crippen LogP contribution in [0.2, 0.25) is 0 Å². The number of sulfonamides is 1. The molecular formula is C22H24N2O3S2. The van der Waals surface area contributed by atoms with Gasteiger partial charge >= 0.3 is 0 Å². The largest absolute Gasteiger partial charge is 0.336 e. The number of amides is 1. The zero-order valence-electron chi connectivity index (χ0n) is 16.4. The van der Waals surface area contributed by atoms with Crippen molar-refractivity contribution < 1.29 is 13.2 Å². The number of benzene rings is 2. The normalized spacial score (nSPS) is 11.4. The zero-order valence-corrected chi connectivity index (χ0v) is 18.0. The minimum Gasteiger partial charge on any atom is -0.336 e. The smallest absolute Gasteiger partial charge is 0.271 e. The molecule has 152 valence electrons. The van der Waals surface area contributed by atoms with Gasteiger partial charge in [-0.25, -0.2) is 8.42 Å². The van der Waals surface area contributed by atoms with Gasteiger partial charge in [0.25, 0.3) is 10.0 Å². The van der Waals surface area contributed by atoms with E-state index in [9.17, 15) is 13.2 Å². The fraction of sp³-hybridized carbons (Fsp3) is 0.227. The molecule has 0 aliphatic rings. The van der Waals surface area contributed by atoms with Crippen molar-refractivity contribution in [2.75, 3.05) is 4.72 Å². The summed E-state index contributed by atoms with van der Waals surface area (Å²) in [6, 6.07) is 20.2. The van der Waals surface area contributed by atoms with Crippen LogP contribution in [0, 0.1) is 0 Å². The van der Waals surface area contributed by atoms with E-state index in [-0.39, 0.29) is 22.6 Å².